The minimum Gasteiger partial charge on any atom is -0.381 e. The molecule has 4 nitrogen and oxygen atoms in total. The lowest BCUT2D eigenvalue weighted by molar-refractivity contribution is 0.0837. The summed E-state index contributed by atoms with van der Waals surface area (Å²) in [5.74, 6) is -0.00512. The van der Waals surface area contributed by atoms with Gasteiger partial charge in [0.15, 0.2) is 11.6 Å². The van der Waals surface area contributed by atoms with Gasteiger partial charge in [-0.2, -0.15) is 0 Å². The van der Waals surface area contributed by atoms with E-state index in [0.717, 1.165) is 24.9 Å². The van der Waals surface area contributed by atoms with Gasteiger partial charge in [0.2, 0.25) is 0 Å². The van der Waals surface area contributed by atoms with Crippen molar-refractivity contribution in [1.29, 1.82) is 0 Å². The highest BCUT2D eigenvalue weighted by molar-refractivity contribution is 5.57. The van der Waals surface area contributed by atoms with Gasteiger partial charge in [0.25, 0.3) is 0 Å². The Kier molecular flexibility index (Phi) is 4.63. The maximum atomic E-state index is 14.7. The maximum absolute atomic E-state index is 14.7. The lowest BCUT2D eigenvalue weighted by atomic mass is 9.96. The van der Waals surface area contributed by atoms with Gasteiger partial charge in [-0.05, 0) is 37.0 Å². The van der Waals surface area contributed by atoms with Crippen LogP contribution in [0.1, 0.15) is 36.9 Å². The first kappa shape index (κ1) is 14.9. The van der Waals surface area contributed by atoms with E-state index < -0.39 is 0 Å². The van der Waals surface area contributed by atoms with Crippen LogP contribution in [0.5, 0.6) is 0 Å². The molecule has 1 aromatic carbocycles. The highest BCUT2D eigenvalue weighted by atomic mass is 19.1. The molecule has 1 aliphatic heterocycles. The largest absolute Gasteiger partial charge is 0.381 e. The van der Waals surface area contributed by atoms with Gasteiger partial charge < -0.3 is 10.1 Å². The summed E-state index contributed by atoms with van der Waals surface area (Å²) >= 11 is 0. The third-order valence-electron chi connectivity index (χ3n) is 4.05. The molecule has 22 heavy (non-hydrogen) atoms. The zero-order chi connectivity index (χ0) is 15.4. The molecule has 1 N–H and O–H groups in total. The number of nitrogens with one attached hydrogen (secondary N) is 1. The summed E-state index contributed by atoms with van der Waals surface area (Å²) in [7, 11) is 0. The summed E-state index contributed by atoms with van der Waals surface area (Å²) in [5.41, 5.74) is 2.57. The normalized spacial score (nSPS) is 15.7. The van der Waals surface area contributed by atoms with Crippen molar-refractivity contribution in [3.05, 3.63) is 47.7 Å². The van der Waals surface area contributed by atoms with Gasteiger partial charge in [-0.25, -0.2) is 14.4 Å². The molecule has 0 unspecified atom stereocenters. The van der Waals surface area contributed by atoms with E-state index >= 15 is 0 Å². The Balaban J connectivity index is 1.81. The van der Waals surface area contributed by atoms with E-state index in [4.69, 9.17) is 4.74 Å². The molecule has 5 heteroatoms. The average Bonchev–Trinajstić information content (AvgIpc) is 2.58. The van der Waals surface area contributed by atoms with Crippen molar-refractivity contribution in [2.24, 2.45) is 0 Å². The van der Waals surface area contributed by atoms with Gasteiger partial charge in [0, 0.05) is 24.8 Å². The molecule has 0 amide bonds. The lowest BCUT2D eigenvalue weighted by Crippen LogP contribution is -2.17. The van der Waals surface area contributed by atoms with Crippen molar-refractivity contribution in [2.45, 2.75) is 32.1 Å². The van der Waals surface area contributed by atoms with E-state index in [1.54, 1.807) is 0 Å². The monoisotopic (exact) mass is 301 g/mol. The van der Waals surface area contributed by atoms with Crippen molar-refractivity contribution < 1.29 is 9.13 Å². The molecule has 0 aliphatic carbocycles. The molecule has 0 radical (unpaired) electrons. The van der Waals surface area contributed by atoms with E-state index in [9.17, 15) is 4.39 Å². The number of benzene rings is 1. The van der Waals surface area contributed by atoms with Gasteiger partial charge in [-0.15, -0.1) is 0 Å². The third kappa shape index (κ3) is 3.25. The molecule has 3 rings (SSSR count). The average molecular weight is 301 g/mol. The number of aryl methyl sites for hydroxylation is 1. The molecule has 1 fully saturated rings. The molecule has 0 spiro atoms. The fourth-order valence-electron chi connectivity index (χ4n) is 2.69. The molecular weight excluding hydrogens is 281 g/mol. The SMILES string of the molecule is CCc1ccc(Nc2ncnc(C3CCOCC3)c2F)cc1. The standard InChI is InChI=1S/C17H20FN3O/c1-2-12-3-5-14(6-4-12)21-17-15(18)16(19-11-20-17)13-7-9-22-10-8-13/h3-6,11,13H,2,7-10H2,1H3,(H,19,20,21). The van der Waals surface area contributed by atoms with Crippen LogP contribution in [0, 0.1) is 5.82 Å². The Bertz CT molecular complexity index is 624. The van der Waals surface area contributed by atoms with Crippen molar-refractivity contribution in [2.75, 3.05) is 18.5 Å². The van der Waals surface area contributed by atoms with Crippen LogP contribution in [0.15, 0.2) is 30.6 Å². The van der Waals surface area contributed by atoms with Crippen LogP contribution in [-0.2, 0) is 11.2 Å². The number of hydrogen-bond acceptors (Lipinski definition) is 4. The van der Waals surface area contributed by atoms with Crippen LogP contribution in [-0.4, -0.2) is 23.2 Å². The van der Waals surface area contributed by atoms with E-state index in [1.807, 2.05) is 24.3 Å². The summed E-state index contributed by atoms with van der Waals surface area (Å²) in [4.78, 5) is 8.19. The summed E-state index contributed by atoms with van der Waals surface area (Å²) in [5, 5.41) is 3.05. The number of hydrogen-bond donors (Lipinski definition) is 1. The number of halogens is 1. The summed E-state index contributed by atoms with van der Waals surface area (Å²) < 4.78 is 20.0. The number of aromatic nitrogens is 2. The summed E-state index contributed by atoms with van der Waals surface area (Å²) in [6.07, 6.45) is 4.02. The Morgan fingerprint density at radius 1 is 1.18 bits per heavy atom. The second-order valence-electron chi connectivity index (χ2n) is 5.48. The van der Waals surface area contributed by atoms with Crippen molar-refractivity contribution in [1.82, 2.24) is 9.97 Å². The molecule has 0 saturated carbocycles. The second-order valence-corrected chi connectivity index (χ2v) is 5.48. The highest BCUT2D eigenvalue weighted by Crippen LogP contribution is 2.30. The Morgan fingerprint density at radius 2 is 1.91 bits per heavy atom. The van der Waals surface area contributed by atoms with Crippen molar-refractivity contribution in [3.63, 3.8) is 0 Å². The number of rotatable bonds is 4. The van der Waals surface area contributed by atoms with Gasteiger partial charge >= 0.3 is 0 Å². The van der Waals surface area contributed by atoms with Gasteiger partial charge in [0.1, 0.15) is 6.33 Å². The second kappa shape index (κ2) is 6.83. The molecule has 116 valence electrons. The van der Waals surface area contributed by atoms with Gasteiger partial charge in [0.05, 0.1) is 5.69 Å². The quantitative estimate of drug-likeness (QED) is 0.932. The smallest absolute Gasteiger partial charge is 0.187 e. The van der Waals surface area contributed by atoms with Crippen LogP contribution in [0.3, 0.4) is 0 Å². The van der Waals surface area contributed by atoms with Crippen molar-refractivity contribution >= 4 is 11.5 Å². The highest BCUT2D eigenvalue weighted by Gasteiger charge is 2.23. The van der Waals surface area contributed by atoms with Crippen LogP contribution < -0.4 is 5.32 Å². The fraction of sp³-hybridized carbons (Fsp3) is 0.412. The van der Waals surface area contributed by atoms with E-state index in [2.05, 4.69) is 22.2 Å². The number of anilines is 2. The first-order valence-electron chi connectivity index (χ1n) is 7.72. The fourth-order valence-corrected chi connectivity index (χ4v) is 2.69. The van der Waals surface area contributed by atoms with Crippen LogP contribution in [0.4, 0.5) is 15.9 Å². The number of ether oxygens (including phenoxy) is 1. The molecular formula is C17H20FN3O. The van der Waals surface area contributed by atoms with Crippen LogP contribution in [0.2, 0.25) is 0 Å². The molecule has 2 aromatic rings. The predicted molar refractivity (Wildman–Crippen MR) is 83.9 cm³/mol. The molecule has 1 aromatic heterocycles. The zero-order valence-corrected chi connectivity index (χ0v) is 12.7. The zero-order valence-electron chi connectivity index (χ0n) is 12.7. The van der Waals surface area contributed by atoms with Gasteiger partial charge in [-0.3, -0.25) is 0 Å². The van der Waals surface area contributed by atoms with Crippen LogP contribution >= 0.6 is 0 Å². The first-order valence-corrected chi connectivity index (χ1v) is 7.72. The molecule has 1 aliphatic rings. The molecule has 0 bridgehead atoms. The molecule has 1 saturated heterocycles. The van der Waals surface area contributed by atoms with Crippen LogP contribution in [0.25, 0.3) is 0 Å². The molecule has 2 heterocycles. The molecule has 0 atom stereocenters. The summed E-state index contributed by atoms with van der Waals surface area (Å²) in [6.45, 7) is 3.43. The van der Waals surface area contributed by atoms with E-state index in [-0.39, 0.29) is 17.6 Å². The van der Waals surface area contributed by atoms with E-state index in [0.29, 0.717) is 18.9 Å². The van der Waals surface area contributed by atoms with Crippen molar-refractivity contribution in [3.8, 4) is 0 Å². The third-order valence-corrected chi connectivity index (χ3v) is 4.05. The van der Waals surface area contributed by atoms with E-state index in [1.165, 1.54) is 11.9 Å². The Hall–Kier alpha value is -2.01. The van der Waals surface area contributed by atoms with Gasteiger partial charge in [-0.1, -0.05) is 19.1 Å². The predicted octanol–water partition coefficient (Wildman–Crippen LogP) is 3.82. The Labute approximate surface area is 129 Å². The topological polar surface area (TPSA) is 47.0 Å². The number of nitrogens with zero attached hydrogens (tertiary/aromatic N) is 2. The first-order chi connectivity index (χ1) is 10.8. The Morgan fingerprint density at radius 3 is 2.59 bits per heavy atom. The minimum absolute atomic E-state index is 0.111. The lowest BCUT2D eigenvalue weighted by Gasteiger charge is -2.22. The summed E-state index contributed by atoms with van der Waals surface area (Å²) in [6, 6.07) is 7.94. The minimum atomic E-state index is -0.353. The maximum Gasteiger partial charge on any atom is 0.187 e.